The van der Waals surface area contributed by atoms with E-state index in [2.05, 4.69) is 28.1 Å². The zero-order valence-electron chi connectivity index (χ0n) is 15.3. The van der Waals surface area contributed by atoms with Gasteiger partial charge in [-0.15, -0.1) is 0 Å². The largest absolute Gasteiger partial charge is 0.342 e. The van der Waals surface area contributed by atoms with Gasteiger partial charge >= 0.3 is 0 Å². The van der Waals surface area contributed by atoms with Crippen LogP contribution in [0.15, 0.2) is 60.8 Å². The fourth-order valence-electron chi connectivity index (χ4n) is 4.04. The average molecular weight is 357 g/mol. The van der Waals surface area contributed by atoms with Crippen LogP contribution in [0.2, 0.25) is 0 Å². The molecule has 1 amide bonds. The maximum absolute atomic E-state index is 13.1. The van der Waals surface area contributed by atoms with Gasteiger partial charge in [-0.1, -0.05) is 67.8 Å². The van der Waals surface area contributed by atoms with Gasteiger partial charge in [0, 0.05) is 23.6 Å². The summed E-state index contributed by atoms with van der Waals surface area (Å²) in [6, 6.07) is 20.5. The summed E-state index contributed by atoms with van der Waals surface area (Å²) in [5.41, 5.74) is 2.13. The third-order valence-corrected chi connectivity index (χ3v) is 5.50. The molecule has 136 valence electrons. The van der Waals surface area contributed by atoms with Crippen LogP contribution in [0.5, 0.6) is 0 Å². The van der Waals surface area contributed by atoms with Crippen LogP contribution in [0.1, 0.15) is 48.0 Å². The minimum atomic E-state index is -0.724. The number of nitriles is 1. The van der Waals surface area contributed by atoms with Gasteiger partial charge in [-0.2, -0.15) is 5.26 Å². The summed E-state index contributed by atoms with van der Waals surface area (Å²) >= 11 is 0. The summed E-state index contributed by atoms with van der Waals surface area (Å²) in [5, 5.41) is 13.7. The summed E-state index contributed by atoms with van der Waals surface area (Å²) in [5.74, 6) is -0.151. The lowest BCUT2D eigenvalue weighted by molar-refractivity contribution is 0.0904. The van der Waals surface area contributed by atoms with E-state index >= 15 is 0 Å². The van der Waals surface area contributed by atoms with Gasteiger partial charge in [0.2, 0.25) is 0 Å². The summed E-state index contributed by atoms with van der Waals surface area (Å²) in [4.78, 5) is 13.1. The zero-order valence-corrected chi connectivity index (χ0v) is 15.3. The first kappa shape index (κ1) is 17.4. The quantitative estimate of drug-likeness (QED) is 0.739. The van der Waals surface area contributed by atoms with Crippen LogP contribution in [0, 0.1) is 11.3 Å². The highest BCUT2D eigenvalue weighted by molar-refractivity contribution is 6.07. The lowest BCUT2D eigenvalue weighted by atomic mass is 9.82. The highest BCUT2D eigenvalue weighted by Gasteiger charge is 2.34. The summed E-state index contributed by atoms with van der Waals surface area (Å²) < 4.78 is 2.11. The second-order valence-electron chi connectivity index (χ2n) is 7.38. The van der Waals surface area contributed by atoms with Crippen molar-refractivity contribution < 1.29 is 4.79 Å². The summed E-state index contributed by atoms with van der Waals surface area (Å²) in [7, 11) is 0. The van der Waals surface area contributed by atoms with E-state index in [0.717, 1.165) is 43.0 Å². The standard InChI is InChI=1S/C23H23N3O/c24-17-23(13-7-2-8-14-23)25-22(27)20-16-26(15-18-9-3-1-4-10-18)21-12-6-5-11-19(20)21/h1,3-6,9-12,16H,2,7-8,13-15H2,(H,25,27). The zero-order chi connectivity index (χ0) is 18.7. The van der Waals surface area contributed by atoms with E-state index in [-0.39, 0.29) is 5.91 Å². The second kappa shape index (κ2) is 7.28. The number of nitrogens with zero attached hydrogens (tertiary/aromatic N) is 2. The topological polar surface area (TPSA) is 57.8 Å². The van der Waals surface area contributed by atoms with E-state index in [0.29, 0.717) is 12.1 Å². The number of fused-ring (bicyclic) bond motifs is 1. The Kier molecular flexibility index (Phi) is 4.68. The average Bonchev–Trinajstić information content (AvgIpc) is 3.08. The van der Waals surface area contributed by atoms with Crippen LogP contribution in [-0.4, -0.2) is 16.0 Å². The molecule has 1 aliphatic carbocycles. The number of benzene rings is 2. The van der Waals surface area contributed by atoms with E-state index in [1.165, 1.54) is 5.56 Å². The SMILES string of the molecule is N#CC1(NC(=O)c2cn(Cc3ccccc3)c3ccccc23)CCCCC1. The highest BCUT2D eigenvalue weighted by Crippen LogP contribution is 2.29. The fraction of sp³-hybridized carbons (Fsp3) is 0.304. The lowest BCUT2D eigenvalue weighted by Crippen LogP contribution is -2.48. The number of aromatic nitrogens is 1. The molecule has 4 rings (SSSR count). The monoisotopic (exact) mass is 357 g/mol. The second-order valence-corrected chi connectivity index (χ2v) is 7.38. The summed E-state index contributed by atoms with van der Waals surface area (Å²) in [6.07, 6.45) is 6.50. The van der Waals surface area contributed by atoms with E-state index in [1.54, 1.807) is 0 Å². The minimum Gasteiger partial charge on any atom is -0.342 e. The highest BCUT2D eigenvalue weighted by atomic mass is 16.1. The molecule has 0 bridgehead atoms. The molecule has 1 fully saturated rings. The van der Waals surface area contributed by atoms with Gasteiger partial charge in [-0.25, -0.2) is 0 Å². The Hall–Kier alpha value is -3.06. The summed E-state index contributed by atoms with van der Waals surface area (Å²) in [6.45, 7) is 0.706. The van der Waals surface area contributed by atoms with Crippen molar-refractivity contribution in [2.45, 2.75) is 44.2 Å². The van der Waals surface area contributed by atoms with Crippen molar-refractivity contribution in [3.63, 3.8) is 0 Å². The Morgan fingerprint density at radius 2 is 1.74 bits per heavy atom. The number of para-hydroxylation sites is 1. The molecule has 3 aromatic rings. The first-order valence-corrected chi connectivity index (χ1v) is 9.56. The van der Waals surface area contributed by atoms with Crippen LogP contribution in [0.4, 0.5) is 0 Å². The number of nitrogens with one attached hydrogen (secondary N) is 1. The molecule has 1 N–H and O–H groups in total. The Balaban J connectivity index is 1.67. The fourth-order valence-corrected chi connectivity index (χ4v) is 4.04. The molecular weight excluding hydrogens is 334 g/mol. The van der Waals surface area contributed by atoms with Gasteiger partial charge in [-0.05, 0) is 24.5 Å². The molecule has 2 aromatic carbocycles. The normalized spacial score (nSPS) is 16.0. The molecule has 4 nitrogen and oxygen atoms in total. The molecule has 1 saturated carbocycles. The van der Waals surface area contributed by atoms with Gasteiger partial charge in [0.15, 0.2) is 0 Å². The smallest absolute Gasteiger partial charge is 0.254 e. The van der Waals surface area contributed by atoms with Crippen LogP contribution >= 0.6 is 0 Å². The van der Waals surface area contributed by atoms with Gasteiger partial charge in [0.1, 0.15) is 5.54 Å². The molecule has 0 radical (unpaired) electrons. The van der Waals surface area contributed by atoms with Gasteiger partial charge in [0.05, 0.1) is 11.6 Å². The van der Waals surface area contributed by atoms with Crippen molar-refractivity contribution in [1.82, 2.24) is 9.88 Å². The number of amides is 1. The van der Waals surface area contributed by atoms with Gasteiger partial charge < -0.3 is 9.88 Å². The maximum Gasteiger partial charge on any atom is 0.254 e. The van der Waals surface area contributed by atoms with E-state index < -0.39 is 5.54 Å². The predicted octanol–water partition coefficient (Wildman–Crippen LogP) is 4.65. The number of hydrogen-bond donors (Lipinski definition) is 1. The van der Waals surface area contributed by atoms with Gasteiger partial charge in [0.25, 0.3) is 5.91 Å². The molecular formula is C23H23N3O. The Morgan fingerprint density at radius 1 is 1.04 bits per heavy atom. The van der Waals surface area contributed by atoms with Crippen LogP contribution < -0.4 is 5.32 Å². The van der Waals surface area contributed by atoms with Crippen LogP contribution in [0.25, 0.3) is 10.9 Å². The van der Waals surface area contributed by atoms with Crippen molar-refractivity contribution in [2.75, 3.05) is 0 Å². The molecule has 0 aliphatic heterocycles. The molecule has 0 unspecified atom stereocenters. The molecule has 27 heavy (non-hydrogen) atoms. The Labute approximate surface area is 159 Å². The molecule has 4 heteroatoms. The van der Waals surface area contributed by atoms with Crippen molar-refractivity contribution in [1.29, 1.82) is 5.26 Å². The van der Waals surface area contributed by atoms with Crippen molar-refractivity contribution in [3.05, 3.63) is 71.9 Å². The maximum atomic E-state index is 13.1. The Morgan fingerprint density at radius 3 is 2.48 bits per heavy atom. The lowest BCUT2D eigenvalue weighted by Gasteiger charge is -2.31. The van der Waals surface area contributed by atoms with Crippen molar-refractivity contribution in [2.24, 2.45) is 0 Å². The van der Waals surface area contributed by atoms with E-state index in [4.69, 9.17) is 0 Å². The van der Waals surface area contributed by atoms with Crippen LogP contribution in [0.3, 0.4) is 0 Å². The van der Waals surface area contributed by atoms with Crippen molar-refractivity contribution in [3.8, 4) is 6.07 Å². The van der Waals surface area contributed by atoms with Crippen molar-refractivity contribution >= 4 is 16.8 Å². The predicted molar refractivity (Wildman–Crippen MR) is 106 cm³/mol. The number of rotatable bonds is 4. The Bertz CT molecular complexity index is 991. The van der Waals surface area contributed by atoms with Gasteiger partial charge in [-0.3, -0.25) is 4.79 Å². The first-order valence-electron chi connectivity index (χ1n) is 9.56. The van der Waals surface area contributed by atoms with Crippen LogP contribution in [-0.2, 0) is 6.54 Å². The molecule has 1 aromatic heterocycles. The minimum absolute atomic E-state index is 0.151. The molecule has 1 aliphatic rings. The number of hydrogen-bond acceptors (Lipinski definition) is 2. The molecule has 0 spiro atoms. The third-order valence-electron chi connectivity index (χ3n) is 5.50. The third kappa shape index (κ3) is 3.46. The molecule has 0 saturated heterocycles. The number of carbonyl (C=O) groups is 1. The molecule has 0 atom stereocenters. The molecule has 1 heterocycles. The first-order chi connectivity index (χ1) is 13.2. The van der Waals surface area contributed by atoms with E-state index in [1.807, 2.05) is 48.7 Å². The van der Waals surface area contributed by atoms with E-state index in [9.17, 15) is 10.1 Å². The number of carbonyl (C=O) groups excluding carboxylic acids is 1.